The fourth-order valence-corrected chi connectivity index (χ4v) is 1.19. The molecule has 0 aromatic carbocycles. The van der Waals surface area contributed by atoms with Gasteiger partial charge in [-0.3, -0.25) is 0 Å². The minimum atomic E-state index is -1.57. The molecule has 0 spiro atoms. The molecule has 1 atom stereocenters. The first-order valence-electron chi connectivity index (χ1n) is 1.14. The molecule has 0 aliphatic rings. The Labute approximate surface area is 69.3 Å². The molecule has 0 saturated heterocycles. The summed E-state index contributed by atoms with van der Waals surface area (Å²) in [6, 6.07) is 0. The summed E-state index contributed by atoms with van der Waals surface area (Å²) >= 11 is 5.44. The van der Waals surface area contributed by atoms with E-state index in [-0.39, 0.29) is 0 Å². The fraction of sp³-hybridized carbons (Fsp3) is 0. The molecule has 0 radical (unpaired) electrons. The number of halogens is 2. The average Bonchev–Trinajstić information content (AvgIpc) is 1.83. The molecule has 0 heterocycles. The van der Waals surface area contributed by atoms with Crippen LogP contribution in [0.4, 0.5) is 0 Å². The van der Waals surface area contributed by atoms with Crippen molar-refractivity contribution in [3.63, 3.8) is 0 Å². The molecular weight excluding hydrogens is 288 g/mol. The highest BCUT2D eigenvalue weighted by Gasteiger charge is 1.98. The van der Waals surface area contributed by atoms with Gasteiger partial charge in [0.1, 0.15) is 32.5 Å². The van der Waals surface area contributed by atoms with Crippen LogP contribution in [0.1, 0.15) is 0 Å². The second-order valence-electron chi connectivity index (χ2n) is 0.466. The lowest BCUT2D eigenvalue weighted by atomic mass is 15.0. The summed E-state index contributed by atoms with van der Waals surface area (Å²) in [5, 5.41) is 0. The SMILES string of the molecule is O=S(OBr)SOOBr. The summed E-state index contributed by atoms with van der Waals surface area (Å²) < 4.78 is 22.2. The second-order valence-corrected chi connectivity index (χ2v) is 3.55. The van der Waals surface area contributed by atoms with Crippen molar-refractivity contribution in [2.45, 2.75) is 0 Å². The van der Waals surface area contributed by atoms with Crippen LogP contribution in [-0.4, -0.2) is 4.21 Å². The number of rotatable bonds is 4. The molecule has 0 aliphatic heterocycles. The van der Waals surface area contributed by atoms with Gasteiger partial charge in [0.05, 0.1) is 0 Å². The highest BCUT2D eigenvalue weighted by Crippen LogP contribution is 2.14. The van der Waals surface area contributed by atoms with Gasteiger partial charge in [0, 0.05) is 0 Å². The van der Waals surface area contributed by atoms with Crippen molar-refractivity contribution in [2.24, 2.45) is 0 Å². The van der Waals surface area contributed by atoms with Crippen LogP contribution in [0.2, 0.25) is 0 Å². The molecular formula is Br2O4S2. The molecule has 50 valence electrons. The molecule has 4 nitrogen and oxygen atoms in total. The number of hydrogen-bond acceptors (Lipinski definition) is 5. The first-order valence-corrected chi connectivity index (χ1v) is 4.77. The van der Waals surface area contributed by atoms with Crippen molar-refractivity contribution >= 4 is 53.7 Å². The zero-order chi connectivity index (χ0) is 6.41. The summed E-state index contributed by atoms with van der Waals surface area (Å²) in [5.41, 5.74) is 0. The minimum absolute atomic E-state index is 0.510. The minimum Gasteiger partial charge on any atom is -0.214 e. The van der Waals surface area contributed by atoms with E-state index >= 15 is 0 Å². The summed E-state index contributed by atoms with van der Waals surface area (Å²) in [4.78, 5) is 0. The van der Waals surface area contributed by atoms with Crippen LogP contribution in [0.5, 0.6) is 0 Å². The third-order valence-electron chi connectivity index (χ3n) is 0.160. The molecule has 0 amide bonds. The van der Waals surface area contributed by atoms with Gasteiger partial charge in [-0.05, 0) is 0 Å². The summed E-state index contributed by atoms with van der Waals surface area (Å²) in [6.07, 6.45) is 0. The first kappa shape index (κ1) is 9.34. The summed E-state index contributed by atoms with van der Waals surface area (Å²) in [6.45, 7) is 0. The zero-order valence-electron chi connectivity index (χ0n) is 3.21. The van der Waals surface area contributed by atoms with Crippen molar-refractivity contribution in [3.05, 3.63) is 0 Å². The second kappa shape index (κ2) is 6.46. The van der Waals surface area contributed by atoms with Crippen molar-refractivity contribution in [1.29, 1.82) is 0 Å². The van der Waals surface area contributed by atoms with Crippen LogP contribution in [0.25, 0.3) is 0 Å². The Balaban J connectivity index is 2.99. The van der Waals surface area contributed by atoms with E-state index in [9.17, 15) is 4.21 Å². The zero-order valence-corrected chi connectivity index (χ0v) is 8.01. The highest BCUT2D eigenvalue weighted by atomic mass is 79.9. The predicted molar refractivity (Wildman–Crippen MR) is 36.8 cm³/mol. The molecule has 1 unspecified atom stereocenters. The van der Waals surface area contributed by atoms with Gasteiger partial charge >= 0.3 is 0 Å². The topological polar surface area (TPSA) is 44.8 Å². The van der Waals surface area contributed by atoms with Gasteiger partial charge in [-0.25, -0.2) is 4.21 Å². The van der Waals surface area contributed by atoms with Crippen LogP contribution >= 0.6 is 43.6 Å². The average molecular weight is 288 g/mol. The van der Waals surface area contributed by atoms with Crippen molar-refractivity contribution in [1.82, 2.24) is 0 Å². The normalized spacial score (nSPS) is 13.8. The lowest BCUT2D eigenvalue weighted by Crippen LogP contribution is -1.79. The van der Waals surface area contributed by atoms with Gasteiger partial charge in [0.2, 0.25) is 0 Å². The van der Waals surface area contributed by atoms with Crippen molar-refractivity contribution < 1.29 is 15.8 Å². The van der Waals surface area contributed by atoms with Gasteiger partial charge in [-0.15, -0.1) is 8.31 Å². The van der Waals surface area contributed by atoms with Crippen molar-refractivity contribution in [3.8, 4) is 0 Å². The van der Waals surface area contributed by atoms with Gasteiger partial charge < -0.3 is 0 Å². The van der Waals surface area contributed by atoms with Crippen LogP contribution < -0.4 is 0 Å². The van der Waals surface area contributed by atoms with Gasteiger partial charge in [-0.1, -0.05) is 0 Å². The Hall–Kier alpha value is 1.34. The monoisotopic (exact) mass is 286 g/mol. The molecule has 8 heteroatoms. The Kier molecular flexibility index (Phi) is 7.54. The largest absolute Gasteiger partial charge is 0.261 e. The molecule has 0 rings (SSSR count). The molecule has 0 aliphatic carbocycles. The van der Waals surface area contributed by atoms with Gasteiger partial charge in [-0.2, -0.15) is 3.27 Å². The van der Waals surface area contributed by atoms with E-state index in [1.807, 2.05) is 0 Å². The van der Waals surface area contributed by atoms with E-state index in [2.05, 4.69) is 44.1 Å². The molecule has 0 aromatic heterocycles. The summed E-state index contributed by atoms with van der Waals surface area (Å²) in [5.74, 6) is 0. The lowest BCUT2D eigenvalue weighted by Gasteiger charge is -1.88. The van der Waals surface area contributed by atoms with E-state index in [0.29, 0.717) is 11.1 Å². The Morgan fingerprint density at radius 1 is 1.50 bits per heavy atom. The standard InChI is InChI=1S/Br2O4S2/c1-4-6-7-8(3)5-2. The molecule has 0 saturated carbocycles. The lowest BCUT2D eigenvalue weighted by molar-refractivity contribution is -0.0377. The molecule has 0 aromatic rings. The number of hydrogen-bond donors (Lipinski definition) is 0. The van der Waals surface area contributed by atoms with E-state index in [0.717, 1.165) is 0 Å². The van der Waals surface area contributed by atoms with Crippen LogP contribution in [0.3, 0.4) is 0 Å². The maximum absolute atomic E-state index is 10.1. The van der Waals surface area contributed by atoms with Gasteiger partial charge in [0.15, 0.2) is 11.1 Å². The Morgan fingerprint density at radius 3 is 2.50 bits per heavy atom. The Bertz CT molecular complexity index is 74.4. The van der Waals surface area contributed by atoms with Crippen LogP contribution in [-0.2, 0) is 21.7 Å². The first-order chi connectivity index (χ1) is 3.81. The maximum Gasteiger partial charge on any atom is 0.261 e. The Morgan fingerprint density at radius 2 is 2.12 bits per heavy atom. The molecule has 0 bridgehead atoms. The smallest absolute Gasteiger partial charge is 0.214 e. The maximum atomic E-state index is 10.1. The van der Waals surface area contributed by atoms with E-state index in [1.54, 1.807) is 0 Å². The van der Waals surface area contributed by atoms with E-state index < -0.39 is 10.1 Å². The third-order valence-corrected chi connectivity index (χ3v) is 2.75. The molecule has 8 heavy (non-hydrogen) atoms. The third kappa shape index (κ3) is 5.48. The predicted octanol–water partition coefficient (Wildman–Crippen LogP) is 1.80. The van der Waals surface area contributed by atoms with Crippen LogP contribution in [0, 0.1) is 0 Å². The molecule has 0 fully saturated rings. The van der Waals surface area contributed by atoms with Crippen LogP contribution in [0.15, 0.2) is 0 Å². The van der Waals surface area contributed by atoms with Gasteiger partial charge in [0.25, 0.3) is 10.1 Å². The van der Waals surface area contributed by atoms with Crippen molar-refractivity contribution in [2.75, 3.05) is 0 Å². The summed E-state index contributed by atoms with van der Waals surface area (Å²) in [7, 11) is -1.57. The fourth-order valence-electron chi connectivity index (χ4n) is 0.0437. The van der Waals surface area contributed by atoms with E-state index in [1.165, 1.54) is 0 Å². The highest BCUT2D eigenvalue weighted by molar-refractivity contribution is 9.07. The molecule has 0 N–H and O–H groups in total. The quantitative estimate of drug-likeness (QED) is 0.341. The van der Waals surface area contributed by atoms with E-state index in [4.69, 9.17) is 0 Å².